The van der Waals surface area contributed by atoms with E-state index >= 15 is 0 Å². The summed E-state index contributed by atoms with van der Waals surface area (Å²) in [4.78, 5) is 2.15. The van der Waals surface area contributed by atoms with Gasteiger partial charge in [0.15, 0.2) is 11.5 Å². The van der Waals surface area contributed by atoms with E-state index in [4.69, 9.17) is 9.47 Å². The topological polar surface area (TPSA) is 74.2 Å². The maximum atomic E-state index is 10.6. The summed E-state index contributed by atoms with van der Waals surface area (Å²) in [6.07, 6.45) is 3.87. The van der Waals surface area contributed by atoms with Crippen LogP contribution in [0.1, 0.15) is 32.3 Å². The van der Waals surface area contributed by atoms with Crippen LogP contribution in [0.2, 0.25) is 0 Å². The van der Waals surface area contributed by atoms with Crippen LogP contribution in [-0.2, 0) is 6.54 Å². The molecule has 0 heterocycles. The standard InChI is InChI=1S/C23H38N2O4/c1-6-12-23(27,13-7-2)18-24-15-19-10-11-21(22(14-19)28-5)29-17-20(26)16-25(8-3)9-4/h6-7,10-11,14,20,24,26-27H,1-2,8-9,12-13,15-18H2,3-5H3/t20-/m0/s1. The average Bonchev–Trinajstić information content (AvgIpc) is 2.71. The molecule has 1 rings (SSSR count). The summed E-state index contributed by atoms with van der Waals surface area (Å²) in [5.41, 5.74) is 0.134. The summed E-state index contributed by atoms with van der Waals surface area (Å²) >= 11 is 0. The molecule has 0 aliphatic rings. The maximum Gasteiger partial charge on any atom is 0.161 e. The summed E-state index contributed by atoms with van der Waals surface area (Å²) in [6.45, 7) is 15.2. The fourth-order valence-electron chi connectivity index (χ4n) is 3.16. The first-order chi connectivity index (χ1) is 13.9. The number of nitrogens with zero attached hydrogens (tertiary/aromatic N) is 1. The monoisotopic (exact) mass is 406 g/mol. The molecule has 1 atom stereocenters. The van der Waals surface area contributed by atoms with Crippen LogP contribution >= 0.6 is 0 Å². The molecule has 0 radical (unpaired) electrons. The van der Waals surface area contributed by atoms with Crippen LogP contribution in [0.25, 0.3) is 0 Å². The highest BCUT2D eigenvalue weighted by atomic mass is 16.5. The number of aliphatic hydroxyl groups is 2. The Balaban J connectivity index is 2.62. The molecular formula is C23H38N2O4. The van der Waals surface area contributed by atoms with Crippen LogP contribution in [0, 0.1) is 0 Å². The number of rotatable bonds is 16. The predicted molar refractivity (Wildman–Crippen MR) is 119 cm³/mol. The van der Waals surface area contributed by atoms with Crippen LogP contribution < -0.4 is 14.8 Å². The normalized spacial score (nSPS) is 12.6. The average molecular weight is 407 g/mol. The van der Waals surface area contributed by atoms with Gasteiger partial charge in [-0.15, -0.1) is 13.2 Å². The van der Waals surface area contributed by atoms with E-state index in [1.165, 1.54) is 0 Å². The van der Waals surface area contributed by atoms with Crippen molar-refractivity contribution in [2.75, 3.05) is 39.9 Å². The highest BCUT2D eigenvalue weighted by Crippen LogP contribution is 2.28. The Labute approximate surface area is 175 Å². The number of likely N-dealkylation sites (N-methyl/N-ethyl adjacent to an activating group) is 1. The molecule has 3 N–H and O–H groups in total. The minimum atomic E-state index is -0.877. The number of ether oxygens (including phenoxy) is 2. The molecule has 0 unspecified atom stereocenters. The molecule has 1 aromatic carbocycles. The summed E-state index contributed by atoms with van der Waals surface area (Å²) in [5, 5.41) is 24.0. The predicted octanol–water partition coefficient (Wildman–Crippen LogP) is 2.75. The number of aliphatic hydroxyl groups excluding tert-OH is 1. The van der Waals surface area contributed by atoms with Gasteiger partial charge in [-0.3, -0.25) is 0 Å². The van der Waals surface area contributed by atoms with Gasteiger partial charge in [0.05, 0.1) is 12.7 Å². The van der Waals surface area contributed by atoms with Crippen molar-refractivity contribution < 1.29 is 19.7 Å². The van der Waals surface area contributed by atoms with E-state index in [1.807, 2.05) is 18.2 Å². The Kier molecular flexibility index (Phi) is 11.6. The summed E-state index contributed by atoms with van der Waals surface area (Å²) in [7, 11) is 1.60. The largest absolute Gasteiger partial charge is 0.493 e. The summed E-state index contributed by atoms with van der Waals surface area (Å²) < 4.78 is 11.2. The second kappa shape index (κ2) is 13.4. The van der Waals surface area contributed by atoms with E-state index in [0.717, 1.165) is 18.7 Å². The van der Waals surface area contributed by atoms with E-state index in [-0.39, 0.29) is 6.61 Å². The fraction of sp³-hybridized carbons (Fsp3) is 0.565. The lowest BCUT2D eigenvalue weighted by atomic mass is 9.95. The molecule has 6 nitrogen and oxygen atoms in total. The Morgan fingerprint density at radius 2 is 1.83 bits per heavy atom. The van der Waals surface area contributed by atoms with Gasteiger partial charge in [0, 0.05) is 19.6 Å². The zero-order chi connectivity index (χ0) is 21.7. The number of hydrogen-bond acceptors (Lipinski definition) is 6. The van der Waals surface area contributed by atoms with E-state index in [1.54, 1.807) is 19.3 Å². The van der Waals surface area contributed by atoms with Gasteiger partial charge >= 0.3 is 0 Å². The first kappa shape index (κ1) is 25.2. The van der Waals surface area contributed by atoms with Crippen molar-refractivity contribution in [2.45, 2.75) is 44.9 Å². The van der Waals surface area contributed by atoms with Crippen LogP contribution in [0.5, 0.6) is 11.5 Å². The van der Waals surface area contributed by atoms with Gasteiger partial charge in [-0.1, -0.05) is 32.1 Å². The minimum absolute atomic E-state index is 0.209. The molecule has 164 valence electrons. The van der Waals surface area contributed by atoms with Crippen molar-refractivity contribution in [1.29, 1.82) is 0 Å². The van der Waals surface area contributed by atoms with Crippen molar-refractivity contribution in [3.05, 3.63) is 49.1 Å². The Morgan fingerprint density at radius 3 is 2.38 bits per heavy atom. The minimum Gasteiger partial charge on any atom is -0.493 e. The maximum absolute atomic E-state index is 10.6. The van der Waals surface area contributed by atoms with Crippen LogP contribution in [-0.4, -0.2) is 66.7 Å². The van der Waals surface area contributed by atoms with Crippen LogP contribution in [0.3, 0.4) is 0 Å². The molecule has 1 aromatic rings. The van der Waals surface area contributed by atoms with Crippen molar-refractivity contribution in [3.63, 3.8) is 0 Å². The summed E-state index contributed by atoms with van der Waals surface area (Å²) in [6, 6.07) is 5.69. The first-order valence-electron chi connectivity index (χ1n) is 10.3. The van der Waals surface area contributed by atoms with Gasteiger partial charge in [-0.05, 0) is 43.6 Å². The molecule has 0 bridgehead atoms. The number of benzene rings is 1. The molecule has 0 fully saturated rings. The molecule has 6 heteroatoms. The highest BCUT2D eigenvalue weighted by molar-refractivity contribution is 5.43. The molecule has 0 saturated carbocycles. The van der Waals surface area contributed by atoms with Gasteiger partial charge in [-0.25, -0.2) is 0 Å². The van der Waals surface area contributed by atoms with Gasteiger partial charge in [0.25, 0.3) is 0 Å². The van der Waals surface area contributed by atoms with E-state index in [2.05, 4.69) is 37.2 Å². The lowest BCUT2D eigenvalue weighted by Crippen LogP contribution is -2.39. The third-order valence-corrected chi connectivity index (χ3v) is 4.85. The van der Waals surface area contributed by atoms with Crippen molar-refractivity contribution in [3.8, 4) is 11.5 Å². The number of hydrogen-bond donors (Lipinski definition) is 3. The van der Waals surface area contributed by atoms with Crippen LogP contribution in [0.4, 0.5) is 0 Å². The second-order valence-electron chi connectivity index (χ2n) is 7.25. The van der Waals surface area contributed by atoms with Gasteiger partial charge in [0.1, 0.15) is 12.7 Å². The van der Waals surface area contributed by atoms with Crippen LogP contribution in [0.15, 0.2) is 43.5 Å². The SMILES string of the molecule is C=CCC(O)(CC=C)CNCc1ccc(OC[C@@H](O)CN(CC)CC)c(OC)c1. The molecule has 29 heavy (non-hydrogen) atoms. The zero-order valence-electron chi connectivity index (χ0n) is 18.2. The van der Waals surface area contributed by atoms with Gasteiger partial charge in [-0.2, -0.15) is 0 Å². The second-order valence-corrected chi connectivity index (χ2v) is 7.25. The smallest absolute Gasteiger partial charge is 0.161 e. The summed E-state index contributed by atoms with van der Waals surface area (Å²) in [5.74, 6) is 1.22. The lowest BCUT2D eigenvalue weighted by Gasteiger charge is -2.26. The third kappa shape index (κ3) is 9.00. The molecule has 0 aromatic heterocycles. The quantitative estimate of drug-likeness (QED) is 0.367. The Bertz CT molecular complexity index is 607. The molecule has 0 spiro atoms. The third-order valence-electron chi connectivity index (χ3n) is 4.85. The van der Waals surface area contributed by atoms with Crippen molar-refractivity contribution >= 4 is 0 Å². The van der Waals surface area contributed by atoms with Gasteiger partial charge < -0.3 is 29.9 Å². The van der Waals surface area contributed by atoms with Crippen molar-refractivity contribution in [1.82, 2.24) is 10.2 Å². The first-order valence-corrected chi connectivity index (χ1v) is 10.3. The molecule has 0 amide bonds. The van der Waals surface area contributed by atoms with Gasteiger partial charge in [0.2, 0.25) is 0 Å². The molecule has 0 saturated heterocycles. The number of methoxy groups -OCH3 is 1. The van der Waals surface area contributed by atoms with E-state index in [0.29, 0.717) is 44.0 Å². The lowest BCUT2D eigenvalue weighted by molar-refractivity contribution is 0.0461. The molecule has 0 aliphatic carbocycles. The zero-order valence-corrected chi connectivity index (χ0v) is 18.2. The number of nitrogens with one attached hydrogen (secondary N) is 1. The van der Waals surface area contributed by atoms with E-state index in [9.17, 15) is 10.2 Å². The fourth-order valence-corrected chi connectivity index (χ4v) is 3.16. The Hall–Kier alpha value is -1.86. The molecule has 0 aliphatic heterocycles. The van der Waals surface area contributed by atoms with E-state index < -0.39 is 11.7 Å². The molecular weight excluding hydrogens is 368 g/mol. The highest BCUT2D eigenvalue weighted by Gasteiger charge is 2.23. The van der Waals surface area contributed by atoms with Crippen molar-refractivity contribution in [2.24, 2.45) is 0 Å². The Morgan fingerprint density at radius 1 is 1.17 bits per heavy atom.